The van der Waals surface area contributed by atoms with Gasteiger partial charge < -0.3 is 14.2 Å². The number of hydrogen-bond donors (Lipinski definition) is 0. The number of benzene rings is 2. The van der Waals surface area contributed by atoms with Crippen molar-refractivity contribution in [1.82, 2.24) is 9.88 Å². The Morgan fingerprint density at radius 1 is 1.17 bits per heavy atom. The van der Waals surface area contributed by atoms with Crippen LogP contribution in [0.4, 0.5) is 5.13 Å². The third-order valence-electron chi connectivity index (χ3n) is 5.62. The van der Waals surface area contributed by atoms with Crippen molar-refractivity contribution in [2.75, 3.05) is 58.5 Å². The van der Waals surface area contributed by atoms with E-state index in [1.165, 1.54) is 11.3 Å². The Morgan fingerprint density at radius 3 is 2.69 bits per heavy atom. The lowest BCUT2D eigenvalue weighted by Crippen LogP contribution is -2.39. The molecule has 1 saturated heterocycles. The van der Waals surface area contributed by atoms with Gasteiger partial charge in [0.25, 0.3) is 5.91 Å². The van der Waals surface area contributed by atoms with Crippen LogP contribution in [0.15, 0.2) is 46.9 Å². The standard InChI is InChI=1S/C25H28BrN3O4S.ClH/c1-31-21-8-4-18(16-22(21)32-2)5-9-24(30)29(11-3-10-28-12-14-33-15-13-28)25-27-20-7-6-19(26)17-23(20)34-25;/h4-9,16-17H,3,10-15H2,1-2H3;1H/b9-5+;. The molecule has 0 aliphatic carbocycles. The highest BCUT2D eigenvalue weighted by atomic mass is 79.9. The topological polar surface area (TPSA) is 64.1 Å². The van der Waals surface area contributed by atoms with Crippen molar-refractivity contribution in [3.05, 3.63) is 52.5 Å². The molecule has 1 amide bonds. The Hall–Kier alpha value is -2.17. The number of methoxy groups -OCH3 is 2. The molecule has 35 heavy (non-hydrogen) atoms. The molecule has 0 N–H and O–H groups in total. The van der Waals surface area contributed by atoms with Gasteiger partial charge in [-0.1, -0.05) is 33.3 Å². The fraction of sp³-hybridized carbons (Fsp3) is 0.360. The molecule has 0 unspecified atom stereocenters. The van der Waals surface area contributed by atoms with Crippen LogP contribution in [0.2, 0.25) is 0 Å². The predicted molar refractivity (Wildman–Crippen MR) is 147 cm³/mol. The summed E-state index contributed by atoms with van der Waals surface area (Å²) in [6.07, 6.45) is 4.25. The molecule has 2 heterocycles. The van der Waals surface area contributed by atoms with E-state index in [1.807, 2.05) is 36.4 Å². The number of carbonyl (C=O) groups is 1. The number of ether oxygens (including phenoxy) is 3. The largest absolute Gasteiger partial charge is 0.493 e. The van der Waals surface area contributed by atoms with Gasteiger partial charge >= 0.3 is 0 Å². The van der Waals surface area contributed by atoms with Crippen molar-refractivity contribution in [3.63, 3.8) is 0 Å². The maximum Gasteiger partial charge on any atom is 0.252 e. The quantitative estimate of drug-likeness (QED) is 0.321. The zero-order chi connectivity index (χ0) is 23.9. The SMILES string of the molecule is COc1ccc(/C=C/C(=O)N(CCCN2CCOCC2)c2nc3ccc(Br)cc3s2)cc1OC.Cl. The Bertz CT molecular complexity index is 1170. The van der Waals surface area contributed by atoms with Crippen LogP contribution in [0, 0.1) is 0 Å². The maximum atomic E-state index is 13.3. The summed E-state index contributed by atoms with van der Waals surface area (Å²) in [5, 5.41) is 0.706. The predicted octanol–water partition coefficient (Wildman–Crippen LogP) is 5.27. The number of thiazole rings is 1. The van der Waals surface area contributed by atoms with Crippen LogP contribution in [0.1, 0.15) is 12.0 Å². The van der Waals surface area contributed by atoms with Gasteiger partial charge in [-0.05, 0) is 48.4 Å². The van der Waals surface area contributed by atoms with Crippen molar-refractivity contribution >= 4 is 67.0 Å². The average molecular weight is 583 g/mol. The van der Waals surface area contributed by atoms with Gasteiger partial charge in [0.05, 0.1) is 37.6 Å². The second-order valence-electron chi connectivity index (χ2n) is 7.85. The highest BCUT2D eigenvalue weighted by molar-refractivity contribution is 9.10. The molecule has 188 valence electrons. The van der Waals surface area contributed by atoms with Crippen molar-refractivity contribution in [3.8, 4) is 11.5 Å². The summed E-state index contributed by atoms with van der Waals surface area (Å²) in [5.41, 5.74) is 1.74. The lowest BCUT2D eigenvalue weighted by atomic mass is 10.2. The van der Waals surface area contributed by atoms with Crippen LogP contribution >= 0.6 is 39.7 Å². The van der Waals surface area contributed by atoms with E-state index < -0.39 is 0 Å². The molecule has 10 heteroatoms. The molecule has 3 aromatic rings. The summed E-state index contributed by atoms with van der Waals surface area (Å²) in [6.45, 7) is 4.91. The monoisotopic (exact) mass is 581 g/mol. The molecule has 0 spiro atoms. The Labute approximate surface area is 224 Å². The molecule has 1 fully saturated rings. The second kappa shape index (κ2) is 13.2. The number of hydrogen-bond acceptors (Lipinski definition) is 7. The van der Waals surface area contributed by atoms with Crippen molar-refractivity contribution in [1.29, 1.82) is 0 Å². The minimum atomic E-state index is -0.102. The number of carbonyl (C=O) groups excluding carboxylic acids is 1. The van der Waals surface area contributed by atoms with Crippen LogP contribution in [-0.2, 0) is 9.53 Å². The van der Waals surface area contributed by atoms with Gasteiger partial charge in [-0.2, -0.15) is 0 Å². The third kappa shape index (κ3) is 7.17. The van der Waals surface area contributed by atoms with Gasteiger partial charge in [-0.25, -0.2) is 4.98 Å². The van der Waals surface area contributed by atoms with Crippen molar-refractivity contribution in [2.24, 2.45) is 0 Å². The van der Waals surface area contributed by atoms with Crippen molar-refractivity contribution in [2.45, 2.75) is 6.42 Å². The van der Waals surface area contributed by atoms with Crippen LogP contribution in [-0.4, -0.2) is 69.4 Å². The molecule has 1 aliphatic rings. The van der Waals surface area contributed by atoms with E-state index in [2.05, 4.69) is 20.8 Å². The number of nitrogens with zero attached hydrogens (tertiary/aromatic N) is 3. The Morgan fingerprint density at radius 2 is 1.94 bits per heavy atom. The minimum absolute atomic E-state index is 0. The van der Waals surface area contributed by atoms with E-state index >= 15 is 0 Å². The number of amides is 1. The summed E-state index contributed by atoms with van der Waals surface area (Å²) in [7, 11) is 3.19. The zero-order valence-electron chi connectivity index (χ0n) is 19.7. The Balaban J connectivity index is 0.00000342. The minimum Gasteiger partial charge on any atom is -0.493 e. The smallest absolute Gasteiger partial charge is 0.252 e. The normalized spacial score (nSPS) is 14.1. The van der Waals surface area contributed by atoms with Gasteiger partial charge in [-0.15, -0.1) is 12.4 Å². The fourth-order valence-electron chi connectivity index (χ4n) is 3.79. The first-order chi connectivity index (χ1) is 16.6. The van der Waals surface area contributed by atoms with Crippen LogP contribution in [0.3, 0.4) is 0 Å². The summed E-state index contributed by atoms with van der Waals surface area (Å²) in [6, 6.07) is 11.5. The molecular weight excluding hydrogens is 554 g/mol. The first-order valence-electron chi connectivity index (χ1n) is 11.1. The summed E-state index contributed by atoms with van der Waals surface area (Å²) >= 11 is 5.05. The fourth-order valence-corrected chi connectivity index (χ4v) is 5.34. The van der Waals surface area contributed by atoms with Gasteiger partial charge in [0.15, 0.2) is 16.6 Å². The molecule has 0 saturated carbocycles. The molecule has 1 aromatic heterocycles. The molecule has 7 nitrogen and oxygen atoms in total. The highest BCUT2D eigenvalue weighted by Crippen LogP contribution is 2.32. The average Bonchev–Trinajstić information content (AvgIpc) is 3.28. The number of halogens is 2. The van der Waals surface area contributed by atoms with Crippen LogP contribution in [0.25, 0.3) is 16.3 Å². The van der Waals surface area contributed by atoms with Gasteiger partial charge in [-0.3, -0.25) is 14.6 Å². The number of morpholine rings is 1. The summed E-state index contributed by atoms with van der Waals surface area (Å²) in [4.78, 5) is 22.2. The molecular formula is C25H29BrClN3O4S. The van der Waals surface area contributed by atoms with E-state index in [0.29, 0.717) is 23.2 Å². The van der Waals surface area contributed by atoms with Crippen molar-refractivity contribution < 1.29 is 19.0 Å². The van der Waals surface area contributed by atoms with Crippen LogP contribution < -0.4 is 14.4 Å². The lowest BCUT2D eigenvalue weighted by molar-refractivity contribution is -0.114. The number of anilines is 1. The van der Waals surface area contributed by atoms with Gasteiger partial charge in [0, 0.05) is 36.7 Å². The van der Waals surface area contributed by atoms with Gasteiger partial charge in [0.1, 0.15) is 0 Å². The van der Waals surface area contributed by atoms with Crippen LogP contribution in [0.5, 0.6) is 11.5 Å². The molecule has 0 radical (unpaired) electrons. The lowest BCUT2D eigenvalue weighted by Gasteiger charge is -2.27. The third-order valence-corrected chi connectivity index (χ3v) is 7.16. The first kappa shape index (κ1) is 27.4. The van der Waals surface area contributed by atoms with E-state index in [0.717, 1.165) is 59.5 Å². The van der Waals surface area contributed by atoms with Gasteiger partial charge in [0.2, 0.25) is 0 Å². The number of rotatable bonds is 9. The number of fused-ring (bicyclic) bond motifs is 1. The second-order valence-corrected chi connectivity index (χ2v) is 9.78. The molecule has 1 aliphatic heterocycles. The highest BCUT2D eigenvalue weighted by Gasteiger charge is 2.19. The molecule has 0 atom stereocenters. The molecule has 0 bridgehead atoms. The zero-order valence-corrected chi connectivity index (χ0v) is 23.0. The maximum absolute atomic E-state index is 13.3. The first-order valence-corrected chi connectivity index (χ1v) is 12.8. The number of aromatic nitrogens is 1. The summed E-state index contributed by atoms with van der Waals surface area (Å²) < 4.78 is 18.1. The molecule has 4 rings (SSSR count). The van der Waals surface area contributed by atoms with E-state index in [-0.39, 0.29) is 18.3 Å². The van der Waals surface area contributed by atoms with E-state index in [4.69, 9.17) is 19.2 Å². The summed E-state index contributed by atoms with van der Waals surface area (Å²) in [5.74, 6) is 1.17. The molecule has 2 aromatic carbocycles. The Kier molecular flexibility index (Phi) is 10.4. The van der Waals surface area contributed by atoms with E-state index in [1.54, 1.807) is 31.3 Å². The van der Waals surface area contributed by atoms with E-state index in [9.17, 15) is 4.79 Å².